The average Bonchev–Trinajstić information content (AvgIpc) is 1.57. The van der Waals surface area contributed by atoms with Crippen LogP contribution in [0.5, 0.6) is 0 Å². The van der Waals surface area contributed by atoms with Gasteiger partial charge in [-0.05, 0) is 5.41 Å². The maximum Gasteiger partial charge on any atom is 0.173 e. The topological polar surface area (TPSA) is 90.1 Å². The number of rotatable bonds is 2. The molecule has 4 nitrogen and oxygen atoms in total. The second-order valence-electron chi connectivity index (χ2n) is 3.85. The standard InChI is InChI=1S/C6H18N4/c1-5(2,3)4-10-6(7,8)9/h10H,4,7-9H2,1-3H3. The number of nitrogens with one attached hydrogen (secondary N) is 1. The summed E-state index contributed by atoms with van der Waals surface area (Å²) in [6, 6.07) is 0. The van der Waals surface area contributed by atoms with Gasteiger partial charge in [-0.25, -0.2) is 0 Å². The fraction of sp³-hybridized carbons (Fsp3) is 1.00. The van der Waals surface area contributed by atoms with E-state index in [9.17, 15) is 0 Å². The molecular weight excluding hydrogens is 128 g/mol. The summed E-state index contributed by atoms with van der Waals surface area (Å²) >= 11 is 0. The molecule has 0 saturated heterocycles. The summed E-state index contributed by atoms with van der Waals surface area (Å²) in [5.74, 6) is -1.24. The first kappa shape index (κ1) is 9.84. The van der Waals surface area contributed by atoms with Crippen molar-refractivity contribution in [3.05, 3.63) is 0 Å². The van der Waals surface area contributed by atoms with Gasteiger partial charge in [-0.15, -0.1) is 0 Å². The van der Waals surface area contributed by atoms with E-state index in [1.807, 2.05) is 0 Å². The van der Waals surface area contributed by atoms with Crippen LogP contribution in [0.2, 0.25) is 0 Å². The first-order chi connectivity index (χ1) is 4.21. The molecule has 0 saturated carbocycles. The molecule has 0 aromatic heterocycles. The van der Waals surface area contributed by atoms with Crippen LogP contribution in [-0.2, 0) is 0 Å². The molecule has 0 atom stereocenters. The Morgan fingerprint density at radius 3 is 1.60 bits per heavy atom. The van der Waals surface area contributed by atoms with Crippen molar-refractivity contribution in [2.24, 2.45) is 22.6 Å². The fourth-order valence-corrected chi connectivity index (χ4v) is 0.418. The lowest BCUT2D eigenvalue weighted by Crippen LogP contribution is -2.69. The van der Waals surface area contributed by atoms with Crippen LogP contribution >= 0.6 is 0 Å². The van der Waals surface area contributed by atoms with Crippen molar-refractivity contribution in [2.45, 2.75) is 26.7 Å². The first-order valence-electron chi connectivity index (χ1n) is 3.32. The monoisotopic (exact) mass is 146 g/mol. The lowest BCUT2D eigenvalue weighted by atomic mass is 9.97. The molecule has 0 heterocycles. The maximum absolute atomic E-state index is 5.29. The van der Waals surface area contributed by atoms with Gasteiger partial charge in [0.1, 0.15) is 0 Å². The quantitative estimate of drug-likeness (QED) is 0.380. The highest BCUT2D eigenvalue weighted by Crippen LogP contribution is 2.10. The molecular formula is C6H18N4. The lowest BCUT2D eigenvalue weighted by Gasteiger charge is -2.26. The maximum atomic E-state index is 5.29. The number of hydrogen-bond acceptors (Lipinski definition) is 4. The Labute approximate surface area is 62.1 Å². The third-order valence-electron chi connectivity index (χ3n) is 0.925. The van der Waals surface area contributed by atoms with E-state index >= 15 is 0 Å². The Hall–Kier alpha value is -0.160. The third kappa shape index (κ3) is 7.84. The number of hydrogen-bond donors (Lipinski definition) is 4. The van der Waals surface area contributed by atoms with Crippen molar-refractivity contribution in [1.82, 2.24) is 5.32 Å². The molecule has 0 amide bonds. The summed E-state index contributed by atoms with van der Waals surface area (Å²) in [6.07, 6.45) is 0. The SMILES string of the molecule is CC(C)(C)CNC(N)(N)N. The Balaban J connectivity index is 3.56. The minimum absolute atomic E-state index is 0.156. The van der Waals surface area contributed by atoms with E-state index in [0.29, 0.717) is 6.54 Å². The summed E-state index contributed by atoms with van der Waals surface area (Å²) in [5.41, 5.74) is 16.0. The minimum atomic E-state index is -1.24. The Kier molecular flexibility index (Phi) is 2.79. The largest absolute Gasteiger partial charge is 0.288 e. The fourth-order valence-electron chi connectivity index (χ4n) is 0.418. The highest BCUT2D eigenvalue weighted by molar-refractivity contribution is 4.71. The third-order valence-corrected chi connectivity index (χ3v) is 0.925. The van der Waals surface area contributed by atoms with E-state index < -0.39 is 5.91 Å². The molecule has 62 valence electrons. The molecule has 0 bridgehead atoms. The van der Waals surface area contributed by atoms with Gasteiger partial charge in [0.25, 0.3) is 0 Å². The van der Waals surface area contributed by atoms with Gasteiger partial charge in [-0.2, -0.15) is 0 Å². The van der Waals surface area contributed by atoms with Gasteiger partial charge in [0.2, 0.25) is 0 Å². The van der Waals surface area contributed by atoms with E-state index in [1.54, 1.807) is 0 Å². The van der Waals surface area contributed by atoms with Crippen molar-refractivity contribution >= 4 is 0 Å². The zero-order valence-corrected chi connectivity index (χ0v) is 6.94. The lowest BCUT2D eigenvalue weighted by molar-refractivity contribution is 0.283. The number of nitrogens with two attached hydrogens (primary N) is 3. The van der Waals surface area contributed by atoms with Gasteiger partial charge >= 0.3 is 0 Å². The zero-order chi connectivity index (χ0) is 8.41. The Morgan fingerprint density at radius 1 is 1.10 bits per heavy atom. The molecule has 0 radical (unpaired) electrons. The van der Waals surface area contributed by atoms with Crippen LogP contribution in [0.3, 0.4) is 0 Å². The zero-order valence-electron chi connectivity index (χ0n) is 6.94. The molecule has 4 heteroatoms. The van der Waals surface area contributed by atoms with Crippen LogP contribution in [0.1, 0.15) is 20.8 Å². The van der Waals surface area contributed by atoms with E-state index in [4.69, 9.17) is 17.2 Å². The van der Waals surface area contributed by atoms with Gasteiger partial charge in [-0.1, -0.05) is 20.8 Å². The highest BCUT2D eigenvalue weighted by atomic mass is 15.3. The summed E-state index contributed by atoms with van der Waals surface area (Å²) < 4.78 is 0. The van der Waals surface area contributed by atoms with Crippen LogP contribution in [0.15, 0.2) is 0 Å². The van der Waals surface area contributed by atoms with E-state index in [1.165, 1.54) is 0 Å². The smallest absolute Gasteiger partial charge is 0.173 e. The van der Waals surface area contributed by atoms with Gasteiger partial charge in [0.05, 0.1) is 0 Å². The van der Waals surface area contributed by atoms with E-state index in [2.05, 4.69) is 26.1 Å². The second-order valence-corrected chi connectivity index (χ2v) is 3.85. The summed E-state index contributed by atoms with van der Waals surface area (Å²) in [5, 5.41) is 2.80. The van der Waals surface area contributed by atoms with Gasteiger partial charge in [0.15, 0.2) is 5.91 Å². The van der Waals surface area contributed by atoms with Crippen molar-refractivity contribution < 1.29 is 0 Å². The average molecular weight is 146 g/mol. The normalized spacial score (nSPS) is 13.8. The minimum Gasteiger partial charge on any atom is -0.288 e. The molecule has 0 aliphatic heterocycles. The highest BCUT2D eigenvalue weighted by Gasteiger charge is 2.16. The van der Waals surface area contributed by atoms with Gasteiger partial charge < -0.3 is 0 Å². The molecule has 0 fully saturated rings. The summed E-state index contributed by atoms with van der Waals surface area (Å²) in [7, 11) is 0. The van der Waals surface area contributed by atoms with Crippen LogP contribution in [0.25, 0.3) is 0 Å². The molecule has 0 aliphatic rings. The molecule has 10 heavy (non-hydrogen) atoms. The van der Waals surface area contributed by atoms with Crippen LogP contribution in [0, 0.1) is 5.41 Å². The van der Waals surface area contributed by atoms with Crippen molar-refractivity contribution in [2.75, 3.05) is 6.54 Å². The van der Waals surface area contributed by atoms with E-state index in [-0.39, 0.29) is 5.41 Å². The van der Waals surface area contributed by atoms with Gasteiger partial charge in [0, 0.05) is 6.54 Å². The van der Waals surface area contributed by atoms with Crippen molar-refractivity contribution in [3.63, 3.8) is 0 Å². The van der Waals surface area contributed by atoms with Crippen LogP contribution < -0.4 is 22.5 Å². The molecule has 0 aliphatic carbocycles. The van der Waals surface area contributed by atoms with Gasteiger partial charge in [-0.3, -0.25) is 22.5 Å². The molecule has 0 aromatic carbocycles. The molecule has 0 spiro atoms. The molecule has 0 unspecified atom stereocenters. The van der Waals surface area contributed by atoms with Crippen LogP contribution in [-0.4, -0.2) is 12.5 Å². The first-order valence-corrected chi connectivity index (χ1v) is 3.32. The molecule has 0 aromatic rings. The van der Waals surface area contributed by atoms with Crippen LogP contribution in [0.4, 0.5) is 0 Å². The second kappa shape index (κ2) is 2.84. The molecule has 7 N–H and O–H groups in total. The predicted octanol–water partition coefficient (Wildman–Crippen LogP) is -0.890. The van der Waals surface area contributed by atoms with Crippen molar-refractivity contribution in [3.8, 4) is 0 Å². The Bertz CT molecular complexity index is 83.3. The molecule has 0 rings (SSSR count). The summed E-state index contributed by atoms with van der Waals surface area (Å²) in [6.45, 7) is 6.93. The summed E-state index contributed by atoms with van der Waals surface area (Å²) in [4.78, 5) is 0. The predicted molar refractivity (Wildman–Crippen MR) is 42.8 cm³/mol. The van der Waals surface area contributed by atoms with E-state index in [0.717, 1.165) is 0 Å². The Morgan fingerprint density at radius 2 is 1.50 bits per heavy atom. The van der Waals surface area contributed by atoms with Crippen molar-refractivity contribution in [1.29, 1.82) is 0 Å².